The lowest BCUT2D eigenvalue weighted by molar-refractivity contribution is -0.137. The van der Waals surface area contributed by atoms with Gasteiger partial charge in [-0.15, -0.1) is 0 Å². The van der Waals surface area contributed by atoms with Crippen LogP contribution in [-0.4, -0.2) is 60.6 Å². The maximum Gasteiger partial charge on any atom is 0.394 e. The normalized spacial score (nSPS) is 11.7. The number of carbonyl (C=O) groups is 1. The van der Waals surface area contributed by atoms with Gasteiger partial charge in [0.15, 0.2) is 0 Å². The zero-order valence-corrected chi connectivity index (χ0v) is 12.8. The quantitative estimate of drug-likeness (QED) is 0.206. The van der Waals surface area contributed by atoms with Crippen molar-refractivity contribution in [2.24, 2.45) is 5.73 Å². The molecule has 0 saturated heterocycles. The number of aromatic nitrogens is 4. The fourth-order valence-electron chi connectivity index (χ4n) is 0.947. The molecule has 0 aliphatic rings. The molecule has 2 rings (SSSR count). The highest BCUT2D eigenvalue weighted by Gasteiger charge is 2.06. The molecule has 130 valence electrons. The van der Waals surface area contributed by atoms with Crippen LogP contribution >= 0.6 is 12.6 Å². The molecule has 0 unspecified atom stereocenters. The maximum atomic E-state index is 10.9. The molecule has 0 aromatic carbocycles. The number of rotatable bonds is 2. The first-order valence-electron chi connectivity index (χ1n) is 5.40. The van der Waals surface area contributed by atoms with E-state index in [4.69, 9.17) is 28.4 Å². The highest BCUT2D eigenvalue weighted by atomic mass is 32.3. The highest BCUT2D eigenvalue weighted by Crippen LogP contribution is 1.94. The second-order valence-electron chi connectivity index (χ2n) is 3.64. The van der Waals surface area contributed by atoms with Crippen LogP contribution < -0.4 is 17.0 Å². The zero-order valence-electron chi connectivity index (χ0n) is 11.1. The van der Waals surface area contributed by atoms with Crippen molar-refractivity contribution in [1.82, 2.24) is 20.2 Å². The predicted molar refractivity (Wildman–Crippen MR) is 81.0 cm³/mol. The molecule has 2 heterocycles. The molecule has 8 N–H and O–H groups in total. The summed E-state index contributed by atoms with van der Waals surface area (Å²) in [6, 6.07) is -0.816. The lowest BCUT2D eigenvalue weighted by Gasteiger charge is -1.96. The standard InChI is InChI=1S/C5H4N4O2.C3H7NO2S.H2O4S/c10-4-2-1-6-9-3(2)7-5(11)8-4;4-2(1-7)3(5)6;1-5(2,3)4/h1H,(H3,6,7,8,9,10,11);2,7H,1,4H2,(H,5,6);(H2,1,2,3,4)/t;2-;/m.0./s1. The fourth-order valence-corrected chi connectivity index (χ4v) is 1.10. The number of aromatic amines is 3. The Morgan fingerprint density at radius 3 is 2.26 bits per heavy atom. The molecule has 0 saturated carbocycles. The Hall–Kier alpha value is -2.20. The van der Waals surface area contributed by atoms with Crippen molar-refractivity contribution in [2.75, 3.05) is 5.75 Å². The Balaban J connectivity index is 0.000000351. The second kappa shape index (κ2) is 9.06. The molecular formula is C8H13N5O8S2. The Morgan fingerprint density at radius 1 is 1.35 bits per heavy atom. The molecule has 0 amide bonds. The molecule has 2 aromatic heterocycles. The summed E-state index contributed by atoms with van der Waals surface area (Å²) in [7, 11) is -4.67. The van der Waals surface area contributed by atoms with Gasteiger partial charge < -0.3 is 10.8 Å². The third-order valence-electron chi connectivity index (χ3n) is 1.86. The van der Waals surface area contributed by atoms with E-state index in [1.165, 1.54) is 6.20 Å². The molecule has 0 aliphatic heterocycles. The maximum absolute atomic E-state index is 10.9. The van der Waals surface area contributed by atoms with Crippen LogP contribution in [0, 0.1) is 0 Å². The van der Waals surface area contributed by atoms with E-state index in [0.717, 1.165) is 0 Å². The van der Waals surface area contributed by atoms with E-state index >= 15 is 0 Å². The topological polar surface area (TPSA) is 232 Å². The SMILES string of the molecule is N[C@@H](CS)C(=O)O.O=S(=O)(O)O.O=c1[nH]c(=O)c2cn[nH]c2[nH]1. The minimum atomic E-state index is -4.67. The van der Waals surface area contributed by atoms with Crippen LogP contribution in [0.15, 0.2) is 15.8 Å². The number of hydrogen-bond donors (Lipinski definition) is 8. The van der Waals surface area contributed by atoms with Crippen LogP contribution in [0.4, 0.5) is 0 Å². The van der Waals surface area contributed by atoms with Gasteiger partial charge in [-0.3, -0.25) is 33.8 Å². The van der Waals surface area contributed by atoms with Crippen LogP contribution in [0.2, 0.25) is 0 Å². The molecule has 0 aliphatic carbocycles. The Labute approximate surface area is 132 Å². The van der Waals surface area contributed by atoms with Crippen LogP contribution in [0.1, 0.15) is 0 Å². The minimum Gasteiger partial charge on any atom is -0.480 e. The number of thiol groups is 1. The number of nitrogens with two attached hydrogens (primary N) is 1. The van der Waals surface area contributed by atoms with Crippen LogP contribution in [0.5, 0.6) is 0 Å². The summed E-state index contributed by atoms with van der Waals surface area (Å²) < 4.78 is 31.6. The molecule has 15 heteroatoms. The van der Waals surface area contributed by atoms with Crippen molar-refractivity contribution in [2.45, 2.75) is 6.04 Å². The molecule has 13 nitrogen and oxygen atoms in total. The van der Waals surface area contributed by atoms with Crippen molar-refractivity contribution in [1.29, 1.82) is 0 Å². The van der Waals surface area contributed by atoms with Crippen molar-refractivity contribution in [3.05, 3.63) is 27.0 Å². The molecular weight excluding hydrogens is 358 g/mol. The number of nitrogens with zero attached hydrogens (tertiary/aromatic N) is 1. The van der Waals surface area contributed by atoms with Crippen molar-refractivity contribution in [3.63, 3.8) is 0 Å². The molecule has 23 heavy (non-hydrogen) atoms. The molecule has 0 spiro atoms. The van der Waals surface area contributed by atoms with Gasteiger partial charge in [-0.1, -0.05) is 0 Å². The van der Waals surface area contributed by atoms with Gasteiger partial charge in [-0.05, 0) is 0 Å². The third-order valence-corrected chi connectivity index (χ3v) is 2.26. The zero-order chi connectivity index (χ0) is 18.2. The Morgan fingerprint density at radius 2 is 1.87 bits per heavy atom. The molecule has 1 atom stereocenters. The number of carboxylic acid groups (broad SMARTS) is 1. The summed E-state index contributed by atoms with van der Waals surface area (Å²) in [6.45, 7) is 0. The van der Waals surface area contributed by atoms with Crippen LogP contribution in [0.25, 0.3) is 11.0 Å². The number of carboxylic acids is 1. The smallest absolute Gasteiger partial charge is 0.394 e. The average molecular weight is 371 g/mol. The van der Waals surface area contributed by atoms with Gasteiger partial charge in [-0.2, -0.15) is 26.1 Å². The Bertz CT molecular complexity index is 845. The van der Waals surface area contributed by atoms with E-state index in [1.807, 2.05) is 0 Å². The van der Waals surface area contributed by atoms with Gasteiger partial charge in [0.05, 0.1) is 6.20 Å². The molecule has 0 fully saturated rings. The molecule has 2 aromatic rings. The third kappa shape index (κ3) is 9.42. The minimum absolute atomic E-state index is 0.190. The van der Waals surface area contributed by atoms with E-state index in [9.17, 15) is 14.4 Å². The number of fused-ring (bicyclic) bond motifs is 1. The van der Waals surface area contributed by atoms with E-state index < -0.39 is 33.7 Å². The van der Waals surface area contributed by atoms with Crippen molar-refractivity contribution < 1.29 is 27.4 Å². The van der Waals surface area contributed by atoms with Crippen LogP contribution in [-0.2, 0) is 15.2 Å². The lowest BCUT2D eigenvalue weighted by atomic mass is 10.4. The number of aliphatic carboxylic acids is 1. The first-order chi connectivity index (χ1) is 10.5. The number of H-pyrrole nitrogens is 3. The summed E-state index contributed by atoms with van der Waals surface area (Å²) in [4.78, 5) is 35.8. The first kappa shape index (κ1) is 20.8. The summed E-state index contributed by atoms with van der Waals surface area (Å²) in [5.41, 5.74) is 4.32. The van der Waals surface area contributed by atoms with Crippen molar-refractivity contribution >= 4 is 40.0 Å². The van der Waals surface area contributed by atoms with Gasteiger partial charge >= 0.3 is 22.1 Å². The monoisotopic (exact) mass is 371 g/mol. The summed E-state index contributed by atoms with van der Waals surface area (Å²) in [5, 5.41) is 14.4. The second-order valence-corrected chi connectivity index (χ2v) is 4.90. The summed E-state index contributed by atoms with van der Waals surface area (Å²) in [6.07, 6.45) is 1.35. The summed E-state index contributed by atoms with van der Waals surface area (Å²) in [5.74, 6) is -0.815. The fraction of sp³-hybridized carbons (Fsp3) is 0.250. The molecule has 0 radical (unpaired) electrons. The first-order valence-corrected chi connectivity index (χ1v) is 7.43. The van der Waals surface area contributed by atoms with E-state index in [0.29, 0.717) is 11.0 Å². The van der Waals surface area contributed by atoms with E-state index in [1.54, 1.807) is 0 Å². The van der Waals surface area contributed by atoms with Crippen molar-refractivity contribution in [3.8, 4) is 0 Å². The number of hydrogen-bond acceptors (Lipinski definition) is 8. The van der Waals surface area contributed by atoms with E-state index in [2.05, 4.69) is 32.8 Å². The van der Waals surface area contributed by atoms with Gasteiger partial charge in [-0.25, -0.2) is 4.79 Å². The lowest BCUT2D eigenvalue weighted by Crippen LogP contribution is -2.31. The summed E-state index contributed by atoms with van der Waals surface area (Å²) >= 11 is 3.65. The van der Waals surface area contributed by atoms with Gasteiger partial charge in [0, 0.05) is 5.75 Å². The van der Waals surface area contributed by atoms with Crippen LogP contribution in [0.3, 0.4) is 0 Å². The van der Waals surface area contributed by atoms with Gasteiger partial charge in [0.25, 0.3) is 5.56 Å². The predicted octanol–water partition coefficient (Wildman–Crippen LogP) is -2.39. The van der Waals surface area contributed by atoms with Gasteiger partial charge in [0.2, 0.25) is 0 Å². The highest BCUT2D eigenvalue weighted by molar-refractivity contribution is 7.80. The van der Waals surface area contributed by atoms with Gasteiger partial charge in [0.1, 0.15) is 17.1 Å². The number of nitrogens with one attached hydrogen (secondary N) is 3. The average Bonchev–Trinajstić information content (AvgIpc) is 2.84. The van der Waals surface area contributed by atoms with E-state index in [-0.39, 0.29) is 5.75 Å². The Kier molecular flexibility index (Phi) is 8.19. The largest absolute Gasteiger partial charge is 0.480 e. The molecule has 0 bridgehead atoms.